The molecule has 0 heterocycles. The minimum Gasteiger partial charge on any atom is -0.497 e. The Bertz CT molecular complexity index is 560. The molecule has 0 saturated carbocycles. The molecule has 0 spiro atoms. The Kier molecular flexibility index (Phi) is 5.40. The van der Waals surface area contributed by atoms with Gasteiger partial charge in [-0.25, -0.2) is 0 Å². The average molecular weight is 283 g/mol. The van der Waals surface area contributed by atoms with Gasteiger partial charge in [-0.2, -0.15) is 0 Å². The van der Waals surface area contributed by atoms with E-state index in [0.717, 1.165) is 12.2 Å². The highest BCUT2D eigenvalue weighted by Crippen LogP contribution is 2.25. The molecule has 21 heavy (non-hydrogen) atoms. The highest BCUT2D eigenvalue weighted by molar-refractivity contribution is 5.37. The second-order valence-electron chi connectivity index (χ2n) is 5.84. The van der Waals surface area contributed by atoms with Crippen LogP contribution in [-0.4, -0.2) is 14.2 Å². The number of nitrogens with one attached hydrogen (secondary N) is 1. The van der Waals surface area contributed by atoms with Crippen LogP contribution in [0.3, 0.4) is 0 Å². The fraction of sp³-hybridized carbons (Fsp3) is 0.368. The molecule has 2 aromatic carbocycles. The van der Waals surface area contributed by atoms with Crippen LogP contribution in [0.5, 0.6) is 5.75 Å². The third-order valence-corrected chi connectivity index (χ3v) is 3.67. The summed E-state index contributed by atoms with van der Waals surface area (Å²) < 4.78 is 5.32. The average Bonchev–Trinajstić information content (AvgIpc) is 2.49. The highest BCUT2D eigenvalue weighted by atomic mass is 16.5. The van der Waals surface area contributed by atoms with Crippen LogP contribution in [0.15, 0.2) is 48.5 Å². The van der Waals surface area contributed by atoms with Crippen molar-refractivity contribution < 1.29 is 4.74 Å². The predicted octanol–water partition coefficient (Wildman–Crippen LogP) is 4.20. The van der Waals surface area contributed by atoms with Crippen LogP contribution in [-0.2, 0) is 6.42 Å². The van der Waals surface area contributed by atoms with E-state index in [4.69, 9.17) is 4.74 Å². The standard InChI is InChI=1S/C19H25NO/c1-14(2)12-15-8-10-16(11-9-15)19(20-3)17-6-5-7-18(13-17)21-4/h5-11,13-14,19-20H,12H2,1-4H3. The van der Waals surface area contributed by atoms with Crippen molar-refractivity contribution in [2.75, 3.05) is 14.2 Å². The fourth-order valence-corrected chi connectivity index (χ4v) is 2.66. The second-order valence-corrected chi connectivity index (χ2v) is 5.84. The van der Waals surface area contributed by atoms with Gasteiger partial charge in [0.1, 0.15) is 5.75 Å². The molecule has 2 heteroatoms. The summed E-state index contributed by atoms with van der Waals surface area (Å²) in [4.78, 5) is 0. The summed E-state index contributed by atoms with van der Waals surface area (Å²) in [6.07, 6.45) is 1.13. The third-order valence-electron chi connectivity index (χ3n) is 3.67. The smallest absolute Gasteiger partial charge is 0.119 e. The van der Waals surface area contributed by atoms with Crippen molar-refractivity contribution in [2.45, 2.75) is 26.3 Å². The second kappa shape index (κ2) is 7.28. The maximum atomic E-state index is 5.32. The van der Waals surface area contributed by atoms with E-state index in [1.807, 2.05) is 19.2 Å². The minimum absolute atomic E-state index is 0.188. The quantitative estimate of drug-likeness (QED) is 0.857. The van der Waals surface area contributed by atoms with Gasteiger partial charge in [-0.05, 0) is 48.2 Å². The van der Waals surface area contributed by atoms with E-state index in [-0.39, 0.29) is 6.04 Å². The molecule has 0 saturated heterocycles. The van der Waals surface area contributed by atoms with Crippen LogP contribution in [0.2, 0.25) is 0 Å². The van der Waals surface area contributed by atoms with E-state index in [1.165, 1.54) is 16.7 Å². The Morgan fingerprint density at radius 1 is 1.00 bits per heavy atom. The van der Waals surface area contributed by atoms with Gasteiger partial charge in [-0.1, -0.05) is 50.2 Å². The number of benzene rings is 2. The maximum Gasteiger partial charge on any atom is 0.119 e. The molecule has 2 rings (SSSR count). The molecule has 0 aromatic heterocycles. The Labute approximate surface area is 128 Å². The Balaban J connectivity index is 2.24. The number of hydrogen-bond acceptors (Lipinski definition) is 2. The van der Waals surface area contributed by atoms with Crippen molar-refractivity contribution in [3.63, 3.8) is 0 Å². The van der Waals surface area contributed by atoms with E-state index in [2.05, 4.69) is 55.6 Å². The minimum atomic E-state index is 0.188. The molecule has 0 bridgehead atoms. The first-order valence-electron chi connectivity index (χ1n) is 7.54. The lowest BCUT2D eigenvalue weighted by molar-refractivity contribution is 0.414. The molecular weight excluding hydrogens is 258 g/mol. The van der Waals surface area contributed by atoms with Gasteiger partial charge in [0.15, 0.2) is 0 Å². The van der Waals surface area contributed by atoms with Crippen molar-refractivity contribution in [1.82, 2.24) is 5.32 Å². The molecular formula is C19H25NO. The first-order valence-corrected chi connectivity index (χ1v) is 7.54. The molecule has 1 atom stereocenters. The fourth-order valence-electron chi connectivity index (χ4n) is 2.66. The first-order chi connectivity index (χ1) is 10.1. The zero-order valence-corrected chi connectivity index (χ0v) is 13.4. The van der Waals surface area contributed by atoms with E-state index in [1.54, 1.807) is 7.11 Å². The summed E-state index contributed by atoms with van der Waals surface area (Å²) >= 11 is 0. The Morgan fingerprint density at radius 2 is 1.71 bits per heavy atom. The largest absolute Gasteiger partial charge is 0.497 e. The Morgan fingerprint density at radius 3 is 2.29 bits per heavy atom. The van der Waals surface area contributed by atoms with Gasteiger partial charge in [0.05, 0.1) is 13.2 Å². The lowest BCUT2D eigenvalue weighted by atomic mass is 9.95. The molecule has 0 fully saturated rings. The van der Waals surface area contributed by atoms with E-state index >= 15 is 0 Å². The Hall–Kier alpha value is -1.80. The molecule has 2 nitrogen and oxygen atoms in total. The summed E-state index contributed by atoms with van der Waals surface area (Å²) in [6, 6.07) is 17.3. The maximum absolute atomic E-state index is 5.32. The molecule has 0 aliphatic heterocycles. The molecule has 0 amide bonds. The van der Waals surface area contributed by atoms with Gasteiger partial charge >= 0.3 is 0 Å². The molecule has 2 aromatic rings. The highest BCUT2D eigenvalue weighted by Gasteiger charge is 2.12. The van der Waals surface area contributed by atoms with Gasteiger partial charge in [0, 0.05) is 0 Å². The SMILES string of the molecule is CNC(c1ccc(CC(C)C)cc1)c1cccc(OC)c1. The molecule has 1 N–H and O–H groups in total. The predicted molar refractivity (Wildman–Crippen MR) is 88.9 cm³/mol. The van der Waals surface area contributed by atoms with Crippen LogP contribution < -0.4 is 10.1 Å². The summed E-state index contributed by atoms with van der Waals surface area (Å²) in [5.41, 5.74) is 3.89. The molecule has 0 aliphatic carbocycles. The lowest BCUT2D eigenvalue weighted by Crippen LogP contribution is -2.17. The van der Waals surface area contributed by atoms with Crippen LogP contribution in [0.25, 0.3) is 0 Å². The third kappa shape index (κ3) is 4.08. The molecule has 0 radical (unpaired) electrons. The van der Waals surface area contributed by atoms with Gasteiger partial charge in [-0.3, -0.25) is 0 Å². The van der Waals surface area contributed by atoms with Crippen molar-refractivity contribution >= 4 is 0 Å². The number of hydrogen-bond donors (Lipinski definition) is 1. The monoisotopic (exact) mass is 283 g/mol. The molecule has 112 valence electrons. The summed E-state index contributed by atoms with van der Waals surface area (Å²) in [5, 5.41) is 3.39. The topological polar surface area (TPSA) is 21.3 Å². The van der Waals surface area contributed by atoms with Crippen LogP contribution in [0.1, 0.15) is 36.6 Å². The van der Waals surface area contributed by atoms with Gasteiger partial charge in [0.2, 0.25) is 0 Å². The van der Waals surface area contributed by atoms with Gasteiger partial charge < -0.3 is 10.1 Å². The van der Waals surface area contributed by atoms with Crippen LogP contribution in [0, 0.1) is 5.92 Å². The van der Waals surface area contributed by atoms with E-state index < -0.39 is 0 Å². The van der Waals surface area contributed by atoms with Crippen molar-refractivity contribution in [2.24, 2.45) is 5.92 Å². The van der Waals surface area contributed by atoms with Crippen molar-refractivity contribution in [3.05, 3.63) is 65.2 Å². The lowest BCUT2D eigenvalue weighted by Gasteiger charge is -2.18. The zero-order valence-electron chi connectivity index (χ0n) is 13.4. The van der Waals surface area contributed by atoms with Gasteiger partial charge in [0.25, 0.3) is 0 Å². The number of rotatable bonds is 6. The van der Waals surface area contributed by atoms with Crippen molar-refractivity contribution in [3.8, 4) is 5.75 Å². The van der Waals surface area contributed by atoms with Crippen LogP contribution in [0.4, 0.5) is 0 Å². The molecule has 0 aliphatic rings. The van der Waals surface area contributed by atoms with Crippen molar-refractivity contribution in [1.29, 1.82) is 0 Å². The van der Waals surface area contributed by atoms with E-state index in [9.17, 15) is 0 Å². The summed E-state index contributed by atoms with van der Waals surface area (Å²) in [7, 11) is 3.69. The van der Waals surface area contributed by atoms with Gasteiger partial charge in [-0.15, -0.1) is 0 Å². The normalized spacial score (nSPS) is 12.4. The number of ether oxygens (including phenoxy) is 1. The van der Waals surface area contributed by atoms with E-state index in [0.29, 0.717) is 5.92 Å². The number of methoxy groups -OCH3 is 1. The van der Waals surface area contributed by atoms with Crippen LogP contribution >= 0.6 is 0 Å². The summed E-state index contributed by atoms with van der Waals surface area (Å²) in [6.45, 7) is 4.50. The molecule has 1 unspecified atom stereocenters. The zero-order chi connectivity index (χ0) is 15.2. The first kappa shape index (κ1) is 15.6. The summed E-state index contributed by atoms with van der Waals surface area (Å²) in [5.74, 6) is 1.58.